The van der Waals surface area contributed by atoms with Crippen LogP contribution in [0.2, 0.25) is 0 Å². The van der Waals surface area contributed by atoms with Crippen molar-refractivity contribution >= 4 is 11.8 Å². The molecule has 1 heterocycles. The number of amides is 2. The minimum atomic E-state index is -0.523. The molecule has 0 fully saturated rings. The van der Waals surface area contributed by atoms with E-state index < -0.39 is 5.41 Å². The summed E-state index contributed by atoms with van der Waals surface area (Å²) in [6.45, 7) is 10.4. The minimum Gasteiger partial charge on any atom is -0.497 e. The average molecular weight is 399 g/mol. The molecule has 0 bridgehead atoms. The van der Waals surface area contributed by atoms with Crippen LogP contribution in [-0.4, -0.2) is 42.1 Å². The van der Waals surface area contributed by atoms with Gasteiger partial charge in [-0.05, 0) is 24.1 Å². The van der Waals surface area contributed by atoms with Crippen molar-refractivity contribution in [2.75, 3.05) is 20.2 Å². The SMILES string of the molecule is C=CCN(Cc1cc(C(=O)NCCc2ccc(OC)cc2)no1)C(=O)C(C)(C)C. The molecule has 1 N–H and O–H groups in total. The van der Waals surface area contributed by atoms with E-state index in [-0.39, 0.29) is 24.1 Å². The molecule has 2 amide bonds. The predicted molar refractivity (Wildman–Crippen MR) is 111 cm³/mol. The molecule has 0 saturated carbocycles. The molecule has 1 aromatic heterocycles. The van der Waals surface area contributed by atoms with Crippen LogP contribution in [0.3, 0.4) is 0 Å². The van der Waals surface area contributed by atoms with Gasteiger partial charge in [-0.25, -0.2) is 0 Å². The molecule has 0 aliphatic heterocycles. The van der Waals surface area contributed by atoms with Gasteiger partial charge in [0.15, 0.2) is 11.5 Å². The Balaban J connectivity index is 1.91. The second kappa shape index (κ2) is 9.91. The molecule has 0 atom stereocenters. The van der Waals surface area contributed by atoms with Gasteiger partial charge in [0.25, 0.3) is 5.91 Å². The van der Waals surface area contributed by atoms with E-state index in [1.54, 1.807) is 24.2 Å². The van der Waals surface area contributed by atoms with Crippen LogP contribution in [0.5, 0.6) is 5.75 Å². The highest BCUT2D eigenvalue weighted by Gasteiger charge is 2.27. The summed E-state index contributed by atoms with van der Waals surface area (Å²) in [6, 6.07) is 9.25. The Morgan fingerprint density at radius 3 is 2.55 bits per heavy atom. The quantitative estimate of drug-likeness (QED) is 0.655. The van der Waals surface area contributed by atoms with E-state index in [4.69, 9.17) is 9.26 Å². The second-order valence-corrected chi connectivity index (χ2v) is 7.76. The fourth-order valence-corrected chi connectivity index (χ4v) is 2.74. The van der Waals surface area contributed by atoms with Crippen molar-refractivity contribution in [1.82, 2.24) is 15.4 Å². The first-order chi connectivity index (χ1) is 13.7. The fourth-order valence-electron chi connectivity index (χ4n) is 2.74. The van der Waals surface area contributed by atoms with Gasteiger partial charge in [0.1, 0.15) is 5.75 Å². The number of ether oxygens (including phenoxy) is 1. The highest BCUT2D eigenvalue weighted by atomic mass is 16.5. The molecular weight excluding hydrogens is 370 g/mol. The molecule has 29 heavy (non-hydrogen) atoms. The molecule has 1 aromatic carbocycles. The predicted octanol–water partition coefficient (Wildman–Crippen LogP) is 3.22. The van der Waals surface area contributed by atoms with Crippen LogP contribution in [0.25, 0.3) is 0 Å². The standard InChI is InChI=1S/C22H29N3O4/c1-6-13-25(21(27)22(2,3)4)15-18-14-19(24-29-18)20(26)23-12-11-16-7-9-17(28-5)10-8-16/h6-10,14H,1,11-13,15H2,2-5H3,(H,23,26). The summed E-state index contributed by atoms with van der Waals surface area (Å²) >= 11 is 0. The van der Waals surface area contributed by atoms with E-state index in [0.717, 1.165) is 11.3 Å². The number of hydrogen-bond donors (Lipinski definition) is 1. The molecule has 7 heteroatoms. The number of rotatable bonds is 9. The molecule has 0 saturated heterocycles. The van der Waals surface area contributed by atoms with Gasteiger partial charge in [-0.2, -0.15) is 0 Å². The van der Waals surface area contributed by atoms with E-state index in [1.807, 2.05) is 45.0 Å². The molecule has 0 unspecified atom stereocenters. The molecule has 2 aromatic rings. The number of carbonyl (C=O) groups is 2. The van der Waals surface area contributed by atoms with Gasteiger partial charge >= 0.3 is 0 Å². The van der Waals surface area contributed by atoms with E-state index in [2.05, 4.69) is 17.1 Å². The Labute approximate surface area is 171 Å². The van der Waals surface area contributed by atoms with Crippen LogP contribution in [-0.2, 0) is 17.8 Å². The third kappa shape index (κ3) is 6.48. The van der Waals surface area contributed by atoms with Crippen molar-refractivity contribution in [3.05, 3.63) is 60.0 Å². The Hall–Kier alpha value is -3.09. The van der Waals surface area contributed by atoms with Crippen molar-refractivity contribution in [3.63, 3.8) is 0 Å². The summed E-state index contributed by atoms with van der Waals surface area (Å²) in [6.07, 6.45) is 2.35. The summed E-state index contributed by atoms with van der Waals surface area (Å²) in [7, 11) is 1.62. The van der Waals surface area contributed by atoms with Gasteiger partial charge in [0, 0.05) is 24.6 Å². The number of aromatic nitrogens is 1. The van der Waals surface area contributed by atoms with Crippen molar-refractivity contribution < 1.29 is 18.8 Å². The average Bonchev–Trinajstić information content (AvgIpc) is 3.15. The summed E-state index contributed by atoms with van der Waals surface area (Å²) in [5, 5.41) is 6.66. The van der Waals surface area contributed by atoms with Crippen molar-refractivity contribution in [2.24, 2.45) is 5.41 Å². The minimum absolute atomic E-state index is 0.0284. The zero-order chi connectivity index (χ0) is 21.4. The molecule has 156 valence electrons. The van der Waals surface area contributed by atoms with Crippen LogP contribution < -0.4 is 10.1 Å². The van der Waals surface area contributed by atoms with Crippen LogP contribution in [0.15, 0.2) is 47.5 Å². The Bertz CT molecular complexity index is 834. The smallest absolute Gasteiger partial charge is 0.273 e. The normalized spacial score (nSPS) is 11.0. The summed E-state index contributed by atoms with van der Waals surface area (Å²) in [5.74, 6) is 0.901. The molecule has 0 aliphatic rings. The largest absolute Gasteiger partial charge is 0.497 e. The van der Waals surface area contributed by atoms with Gasteiger partial charge in [0.2, 0.25) is 5.91 Å². The van der Waals surface area contributed by atoms with Crippen molar-refractivity contribution in [3.8, 4) is 5.75 Å². The van der Waals surface area contributed by atoms with Crippen LogP contribution in [0.1, 0.15) is 42.6 Å². The molecular formula is C22H29N3O4. The van der Waals surface area contributed by atoms with Crippen LogP contribution in [0, 0.1) is 5.41 Å². The highest BCUT2D eigenvalue weighted by Crippen LogP contribution is 2.19. The van der Waals surface area contributed by atoms with Crippen LogP contribution >= 0.6 is 0 Å². The van der Waals surface area contributed by atoms with Crippen LogP contribution in [0.4, 0.5) is 0 Å². The van der Waals surface area contributed by atoms with Gasteiger partial charge in [-0.15, -0.1) is 6.58 Å². The molecule has 7 nitrogen and oxygen atoms in total. The maximum Gasteiger partial charge on any atom is 0.273 e. The first kappa shape index (κ1) is 22.2. The second-order valence-electron chi connectivity index (χ2n) is 7.76. The van der Waals surface area contributed by atoms with E-state index in [1.165, 1.54) is 0 Å². The maximum atomic E-state index is 12.5. The van der Waals surface area contributed by atoms with E-state index >= 15 is 0 Å². The molecule has 2 rings (SSSR count). The van der Waals surface area contributed by atoms with Gasteiger partial charge in [-0.3, -0.25) is 9.59 Å². The summed E-state index contributed by atoms with van der Waals surface area (Å²) < 4.78 is 10.4. The number of methoxy groups -OCH3 is 1. The zero-order valence-electron chi connectivity index (χ0n) is 17.5. The number of carbonyl (C=O) groups excluding carboxylic acids is 2. The molecule has 0 aliphatic carbocycles. The number of hydrogen-bond acceptors (Lipinski definition) is 5. The molecule has 0 radical (unpaired) electrons. The van der Waals surface area contributed by atoms with E-state index in [0.29, 0.717) is 25.3 Å². The van der Waals surface area contributed by atoms with Gasteiger partial charge < -0.3 is 19.5 Å². The molecule has 0 spiro atoms. The Kier molecular flexibility index (Phi) is 7.59. The number of nitrogens with zero attached hydrogens (tertiary/aromatic N) is 2. The Morgan fingerprint density at radius 2 is 1.97 bits per heavy atom. The third-order valence-electron chi connectivity index (χ3n) is 4.27. The first-order valence-corrected chi connectivity index (χ1v) is 9.51. The number of benzene rings is 1. The topological polar surface area (TPSA) is 84.7 Å². The third-order valence-corrected chi connectivity index (χ3v) is 4.27. The Morgan fingerprint density at radius 1 is 1.28 bits per heavy atom. The number of nitrogens with one attached hydrogen (secondary N) is 1. The monoisotopic (exact) mass is 399 g/mol. The lowest BCUT2D eigenvalue weighted by Crippen LogP contribution is -2.39. The van der Waals surface area contributed by atoms with E-state index in [9.17, 15) is 9.59 Å². The van der Waals surface area contributed by atoms with Crippen molar-refractivity contribution in [2.45, 2.75) is 33.7 Å². The highest BCUT2D eigenvalue weighted by molar-refractivity contribution is 5.92. The first-order valence-electron chi connectivity index (χ1n) is 9.51. The van der Waals surface area contributed by atoms with Crippen molar-refractivity contribution in [1.29, 1.82) is 0 Å². The zero-order valence-corrected chi connectivity index (χ0v) is 17.5. The summed E-state index contributed by atoms with van der Waals surface area (Å²) in [4.78, 5) is 26.5. The maximum absolute atomic E-state index is 12.5. The summed E-state index contributed by atoms with van der Waals surface area (Å²) in [5.41, 5.74) is 0.759. The van der Waals surface area contributed by atoms with Gasteiger partial charge in [-0.1, -0.05) is 44.1 Å². The lowest BCUT2D eigenvalue weighted by atomic mass is 9.94. The lowest BCUT2D eigenvalue weighted by Gasteiger charge is -2.27. The lowest BCUT2D eigenvalue weighted by molar-refractivity contribution is -0.139. The van der Waals surface area contributed by atoms with Gasteiger partial charge in [0.05, 0.1) is 13.7 Å². The fraction of sp³-hybridized carbons (Fsp3) is 0.409.